The predicted molar refractivity (Wildman–Crippen MR) is 43.6 cm³/mol. The molecule has 0 saturated heterocycles. The van der Waals surface area contributed by atoms with Crippen molar-refractivity contribution in [2.75, 3.05) is 27.2 Å². The molecule has 0 aliphatic rings. The molecule has 0 aromatic heterocycles. The van der Waals surface area contributed by atoms with Crippen LogP contribution in [-0.4, -0.2) is 39.1 Å². The SMILES string of the molecule is CNCCC(=O)NCC(=O)OC. The minimum Gasteiger partial charge on any atom is -0.468 e. The maximum absolute atomic E-state index is 10.9. The van der Waals surface area contributed by atoms with E-state index < -0.39 is 5.97 Å². The lowest BCUT2D eigenvalue weighted by Gasteiger charge is -2.02. The number of esters is 1. The molecule has 5 heteroatoms. The molecule has 0 atom stereocenters. The van der Waals surface area contributed by atoms with Gasteiger partial charge in [-0.05, 0) is 7.05 Å². The largest absolute Gasteiger partial charge is 0.468 e. The molecule has 0 aliphatic carbocycles. The number of carbonyl (C=O) groups excluding carboxylic acids is 2. The highest BCUT2D eigenvalue weighted by Crippen LogP contribution is 1.76. The van der Waals surface area contributed by atoms with Crippen LogP contribution in [0.1, 0.15) is 6.42 Å². The van der Waals surface area contributed by atoms with E-state index in [-0.39, 0.29) is 12.5 Å². The summed E-state index contributed by atoms with van der Waals surface area (Å²) < 4.78 is 4.34. The second-order valence-corrected chi connectivity index (χ2v) is 2.21. The van der Waals surface area contributed by atoms with Crippen LogP contribution in [0, 0.1) is 0 Å². The maximum Gasteiger partial charge on any atom is 0.325 e. The molecule has 0 bridgehead atoms. The van der Waals surface area contributed by atoms with Gasteiger partial charge in [-0.25, -0.2) is 0 Å². The molecule has 0 rings (SSSR count). The Balaban J connectivity index is 3.37. The zero-order chi connectivity index (χ0) is 9.40. The minimum absolute atomic E-state index is 0.0565. The van der Waals surface area contributed by atoms with Gasteiger partial charge in [-0.3, -0.25) is 9.59 Å². The van der Waals surface area contributed by atoms with Gasteiger partial charge in [0.05, 0.1) is 7.11 Å². The van der Waals surface area contributed by atoms with E-state index in [2.05, 4.69) is 15.4 Å². The van der Waals surface area contributed by atoms with Gasteiger partial charge in [0.2, 0.25) is 5.91 Å². The molecule has 5 nitrogen and oxygen atoms in total. The average molecular weight is 174 g/mol. The fourth-order valence-electron chi connectivity index (χ4n) is 0.570. The number of methoxy groups -OCH3 is 1. The van der Waals surface area contributed by atoms with Gasteiger partial charge in [0.1, 0.15) is 6.54 Å². The van der Waals surface area contributed by atoms with Crippen molar-refractivity contribution in [3.63, 3.8) is 0 Å². The molecule has 0 saturated carbocycles. The summed E-state index contributed by atoms with van der Waals surface area (Å²) in [7, 11) is 3.04. The summed E-state index contributed by atoms with van der Waals surface area (Å²) in [6.45, 7) is 0.548. The van der Waals surface area contributed by atoms with Crippen molar-refractivity contribution in [2.45, 2.75) is 6.42 Å². The van der Waals surface area contributed by atoms with E-state index in [0.717, 1.165) is 0 Å². The van der Waals surface area contributed by atoms with Crippen LogP contribution in [0.5, 0.6) is 0 Å². The van der Waals surface area contributed by atoms with Crippen molar-refractivity contribution in [1.29, 1.82) is 0 Å². The fraction of sp³-hybridized carbons (Fsp3) is 0.714. The lowest BCUT2D eigenvalue weighted by atomic mass is 10.4. The van der Waals surface area contributed by atoms with Crippen molar-refractivity contribution in [2.24, 2.45) is 0 Å². The number of hydrogen-bond donors (Lipinski definition) is 2. The molecule has 0 radical (unpaired) electrons. The van der Waals surface area contributed by atoms with Gasteiger partial charge < -0.3 is 15.4 Å². The third kappa shape index (κ3) is 5.67. The molecule has 0 unspecified atom stereocenters. The molecule has 0 fully saturated rings. The van der Waals surface area contributed by atoms with Crippen LogP contribution in [0.2, 0.25) is 0 Å². The minimum atomic E-state index is -0.437. The van der Waals surface area contributed by atoms with Gasteiger partial charge >= 0.3 is 5.97 Å². The zero-order valence-electron chi connectivity index (χ0n) is 7.35. The zero-order valence-corrected chi connectivity index (χ0v) is 7.35. The first-order valence-electron chi connectivity index (χ1n) is 3.68. The van der Waals surface area contributed by atoms with E-state index in [1.165, 1.54) is 7.11 Å². The van der Waals surface area contributed by atoms with Gasteiger partial charge in [0.15, 0.2) is 0 Å². The van der Waals surface area contributed by atoms with Gasteiger partial charge in [-0.2, -0.15) is 0 Å². The van der Waals surface area contributed by atoms with E-state index in [0.29, 0.717) is 13.0 Å². The molecule has 0 heterocycles. The molecular formula is C7H14N2O3. The van der Waals surface area contributed by atoms with Crippen molar-refractivity contribution >= 4 is 11.9 Å². The monoisotopic (exact) mass is 174 g/mol. The second kappa shape index (κ2) is 6.60. The quantitative estimate of drug-likeness (QED) is 0.518. The summed E-state index contributed by atoms with van der Waals surface area (Å²) in [5.41, 5.74) is 0. The fourth-order valence-corrected chi connectivity index (χ4v) is 0.570. The molecule has 12 heavy (non-hydrogen) atoms. The summed E-state index contributed by atoms with van der Waals surface area (Å²) >= 11 is 0. The van der Waals surface area contributed by atoms with Crippen LogP contribution in [0.4, 0.5) is 0 Å². The highest BCUT2D eigenvalue weighted by atomic mass is 16.5. The Morgan fingerprint density at radius 2 is 2.08 bits per heavy atom. The molecule has 0 aliphatic heterocycles. The van der Waals surface area contributed by atoms with Crippen molar-refractivity contribution in [1.82, 2.24) is 10.6 Å². The summed E-state index contributed by atoms with van der Waals surface area (Å²) in [4.78, 5) is 21.4. The number of hydrogen-bond acceptors (Lipinski definition) is 4. The summed E-state index contributed by atoms with van der Waals surface area (Å²) in [6, 6.07) is 0. The standard InChI is InChI=1S/C7H14N2O3/c1-8-4-3-6(10)9-5-7(11)12-2/h8H,3-5H2,1-2H3,(H,9,10). The highest BCUT2D eigenvalue weighted by Gasteiger charge is 2.03. The van der Waals surface area contributed by atoms with Gasteiger partial charge in [0, 0.05) is 13.0 Å². The normalized spacial score (nSPS) is 9.17. The van der Waals surface area contributed by atoms with Crippen LogP contribution in [0.3, 0.4) is 0 Å². The second-order valence-electron chi connectivity index (χ2n) is 2.21. The summed E-state index contributed by atoms with van der Waals surface area (Å²) in [5, 5.41) is 5.24. The van der Waals surface area contributed by atoms with E-state index in [9.17, 15) is 9.59 Å². The number of carbonyl (C=O) groups is 2. The topological polar surface area (TPSA) is 67.4 Å². The summed E-state index contributed by atoms with van der Waals surface area (Å²) in [6.07, 6.45) is 0.369. The smallest absolute Gasteiger partial charge is 0.325 e. The van der Waals surface area contributed by atoms with E-state index >= 15 is 0 Å². The van der Waals surface area contributed by atoms with Crippen molar-refractivity contribution in [3.8, 4) is 0 Å². The van der Waals surface area contributed by atoms with E-state index in [1.807, 2.05) is 0 Å². The maximum atomic E-state index is 10.9. The van der Waals surface area contributed by atoms with Crippen LogP contribution in [-0.2, 0) is 14.3 Å². The molecule has 1 amide bonds. The number of amides is 1. The van der Waals surface area contributed by atoms with Gasteiger partial charge in [-0.15, -0.1) is 0 Å². The first kappa shape index (κ1) is 10.9. The first-order valence-corrected chi connectivity index (χ1v) is 3.68. The van der Waals surface area contributed by atoms with Gasteiger partial charge in [-0.1, -0.05) is 0 Å². The van der Waals surface area contributed by atoms with Gasteiger partial charge in [0.25, 0.3) is 0 Å². The predicted octanol–water partition coefficient (Wildman–Crippen LogP) is -1.11. The molecule has 70 valence electrons. The van der Waals surface area contributed by atoms with E-state index in [4.69, 9.17) is 0 Å². The molecular weight excluding hydrogens is 160 g/mol. The van der Waals surface area contributed by atoms with Crippen LogP contribution < -0.4 is 10.6 Å². The molecule has 0 aromatic rings. The Morgan fingerprint density at radius 1 is 1.42 bits per heavy atom. The highest BCUT2D eigenvalue weighted by molar-refractivity contribution is 5.81. The number of ether oxygens (including phenoxy) is 1. The average Bonchev–Trinajstić information content (AvgIpc) is 2.10. The Kier molecular flexibility index (Phi) is 6.00. The Bertz CT molecular complexity index is 159. The third-order valence-electron chi connectivity index (χ3n) is 1.26. The van der Waals surface area contributed by atoms with Crippen LogP contribution >= 0.6 is 0 Å². The summed E-state index contributed by atoms with van der Waals surface area (Å²) in [5.74, 6) is -0.595. The Hall–Kier alpha value is -1.10. The number of rotatable bonds is 5. The Morgan fingerprint density at radius 3 is 2.58 bits per heavy atom. The lowest BCUT2D eigenvalue weighted by Crippen LogP contribution is -2.31. The van der Waals surface area contributed by atoms with Crippen LogP contribution in [0.25, 0.3) is 0 Å². The van der Waals surface area contributed by atoms with Crippen molar-refractivity contribution < 1.29 is 14.3 Å². The number of nitrogens with one attached hydrogen (secondary N) is 2. The Labute approximate surface area is 71.5 Å². The molecule has 0 spiro atoms. The first-order chi connectivity index (χ1) is 5.70. The molecule has 2 N–H and O–H groups in total. The van der Waals surface area contributed by atoms with Crippen molar-refractivity contribution in [3.05, 3.63) is 0 Å². The lowest BCUT2D eigenvalue weighted by molar-refractivity contribution is -0.141. The molecule has 0 aromatic carbocycles. The third-order valence-corrected chi connectivity index (χ3v) is 1.26. The van der Waals surface area contributed by atoms with Crippen LogP contribution in [0.15, 0.2) is 0 Å². The van der Waals surface area contributed by atoms with E-state index in [1.54, 1.807) is 7.05 Å².